The fraction of sp³-hybridized carbons (Fsp3) is 0.786. The molecule has 0 aliphatic carbocycles. The molecule has 0 radical (unpaired) electrons. The Hall–Kier alpha value is -0.940. The first kappa shape index (κ1) is 25.7. The maximum absolute atomic E-state index is 6.34. The maximum Gasteiger partial charge on any atom is 0.157 e. The van der Waals surface area contributed by atoms with Gasteiger partial charge in [0.15, 0.2) is 6.29 Å². The van der Waals surface area contributed by atoms with Gasteiger partial charge in [0.2, 0.25) is 0 Å². The molecule has 2 aliphatic heterocycles. The first-order chi connectivity index (χ1) is 15.8. The second-order valence-corrected chi connectivity index (χ2v) is 9.55. The molecule has 1 aromatic rings. The molecule has 0 amide bonds. The topological polar surface area (TPSA) is 40.2 Å². The Morgan fingerprint density at radius 2 is 1.72 bits per heavy atom. The van der Waals surface area contributed by atoms with Gasteiger partial charge in [-0.15, -0.1) is 0 Å². The summed E-state index contributed by atoms with van der Waals surface area (Å²) in [4.78, 5) is 0. The van der Waals surface area contributed by atoms with E-state index in [0.717, 1.165) is 58.3 Å². The van der Waals surface area contributed by atoms with Crippen molar-refractivity contribution in [2.75, 3.05) is 19.8 Å². The van der Waals surface area contributed by atoms with Gasteiger partial charge in [-0.05, 0) is 63.4 Å². The highest BCUT2D eigenvalue weighted by Crippen LogP contribution is 2.31. The van der Waals surface area contributed by atoms with E-state index in [0.29, 0.717) is 18.3 Å². The zero-order valence-corrected chi connectivity index (χ0v) is 20.3. The first-order valence-electron chi connectivity index (χ1n) is 13.4. The van der Waals surface area contributed by atoms with Crippen molar-refractivity contribution in [2.45, 2.75) is 121 Å². The lowest BCUT2D eigenvalue weighted by molar-refractivity contribution is -0.162. The molecule has 0 N–H and O–H groups in total. The summed E-state index contributed by atoms with van der Waals surface area (Å²) in [6, 6.07) is 10.8. The molecular formula is C28H46O4. The summed E-state index contributed by atoms with van der Waals surface area (Å²) < 4.78 is 23.8. The maximum atomic E-state index is 6.34. The van der Waals surface area contributed by atoms with Gasteiger partial charge in [-0.3, -0.25) is 0 Å². The zero-order valence-electron chi connectivity index (χ0n) is 20.3. The summed E-state index contributed by atoms with van der Waals surface area (Å²) in [5.41, 5.74) is 1.37. The molecule has 182 valence electrons. The molecular weight excluding hydrogens is 400 g/mol. The van der Waals surface area contributed by atoms with Crippen molar-refractivity contribution in [3.05, 3.63) is 35.9 Å². The smallest absolute Gasteiger partial charge is 0.157 e. The number of benzene rings is 1. The third-order valence-electron chi connectivity index (χ3n) is 6.69. The van der Waals surface area contributed by atoms with Crippen LogP contribution in [0, 0.1) is 0 Å². The lowest BCUT2D eigenvalue weighted by Gasteiger charge is -2.22. The SMILES string of the molecule is CCCCCCCCOC(CC[C@@H]1O[C@H]1CCCOC1CCCCO1)Cc1ccccc1. The van der Waals surface area contributed by atoms with Crippen LogP contribution in [0.3, 0.4) is 0 Å². The van der Waals surface area contributed by atoms with Gasteiger partial charge in [0.1, 0.15) is 0 Å². The minimum atomic E-state index is 0.0298. The summed E-state index contributed by atoms with van der Waals surface area (Å²) in [6.45, 7) is 4.80. The van der Waals surface area contributed by atoms with Gasteiger partial charge in [-0.1, -0.05) is 69.4 Å². The van der Waals surface area contributed by atoms with Gasteiger partial charge in [0, 0.05) is 19.8 Å². The van der Waals surface area contributed by atoms with Crippen LogP contribution in [0.25, 0.3) is 0 Å². The highest BCUT2D eigenvalue weighted by Gasteiger charge is 2.37. The van der Waals surface area contributed by atoms with E-state index >= 15 is 0 Å². The predicted octanol–water partition coefficient (Wildman–Crippen LogP) is 6.85. The summed E-state index contributed by atoms with van der Waals surface area (Å²) in [6.07, 6.45) is 17.8. The lowest BCUT2D eigenvalue weighted by atomic mass is 10.0. The van der Waals surface area contributed by atoms with Gasteiger partial charge in [0.05, 0.1) is 18.3 Å². The molecule has 2 saturated heterocycles. The van der Waals surface area contributed by atoms with Crippen molar-refractivity contribution in [3.8, 4) is 0 Å². The summed E-state index contributed by atoms with van der Waals surface area (Å²) in [5, 5.41) is 0. The highest BCUT2D eigenvalue weighted by atomic mass is 16.7. The minimum absolute atomic E-state index is 0.0298. The summed E-state index contributed by atoms with van der Waals surface area (Å²) in [5.74, 6) is 0. The Bertz CT molecular complexity index is 572. The first-order valence-corrected chi connectivity index (χ1v) is 13.4. The van der Waals surface area contributed by atoms with Crippen LogP contribution in [0.5, 0.6) is 0 Å². The van der Waals surface area contributed by atoms with Crippen molar-refractivity contribution in [3.63, 3.8) is 0 Å². The highest BCUT2D eigenvalue weighted by molar-refractivity contribution is 5.15. The van der Waals surface area contributed by atoms with Crippen molar-refractivity contribution in [1.82, 2.24) is 0 Å². The monoisotopic (exact) mass is 446 g/mol. The molecule has 2 unspecified atom stereocenters. The van der Waals surface area contributed by atoms with Crippen LogP contribution < -0.4 is 0 Å². The number of hydrogen-bond acceptors (Lipinski definition) is 4. The average molecular weight is 447 g/mol. The van der Waals surface area contributed by atoms with Crippen molar-refractivity contribution < 1.29 is 18.9 Å². The van der Waals surface area contributed by atoms with E-state index < -0.39 is 0 Å². The van der Waals surface area contributed by atoms with E-state index in [2.05, 4.69) is 37.3 Å². The molecule has 2 heterocycles. The quantitative estimate of drug-likeness (QED) is 0.183. The molecule has 1 aromatic carbocycles. The van der Waals surface area contributed by atoms with Gasteiger partial charge in [-0.2, -0.15) is 0 Å². The van der Waals surface area contributed by atoms with Crippen LogP contribution in [-0.4, -0.2) is 44.4 Å². The van der Waals surface area contributed by atoms with Crippen molar-refractivity contribution in [2.24, 2.45) is 0 Å². The fourth-order valence-corrected chi connectivity index (χ4v) is 4.63. The summed E-state index contributed by atoms with van der Waals surface area (Å²) in [7, 11) is 0. The molecule has 32 heavy (non-hydrogen) atoms. The van der Waals surface area contributed by atoms with Crippen LogP contribution >= 0.6 is 0 Å². The van der Waals surface area contributed by atoms with E-state index in [9.17, 15) is 0 Å². The van der Waals surface area contributed by atoms with Gasteiger partial charge >= 0.3 is 0 Å². The Kier molecular flexibility index (Phi) is 12.7. The standard InChI is InChI=1S/C28H46O4/c1-2-3-4-5-6-11-20-29-25(23-24-14-8-7-9-15-24)18-19-27-26(32-27)16-13-22-31-28-17-10-12-21-30-28/h7-9,14-15,25-28H,2-6,10-13,16-23H2,1H3/t25?,26-,27-,28?/m0/s1. The number of ether oxygens (including phenoxy) is 4. The van der Waals surface area contributed by atoms with E-state index in [1.165, 1.54) is 56.9 Å². The Labute approximate surface area is 196 Å². The molecule has 4 nitrogen and oxygen atoms in total. The molecule has 0 spiro atoms. The summed E-state index contributed by atoms with van der Waals surface area (Å²) >= 11 is 0. The van der Waals surface area contributed by atoms with Crippen molar-refractivity contribution >= 4 is 0 Å². The predicted molar refractivity (Wildman–Crippen MR) is 130 cm³/mol. The van der Waals surface area contributed by atoms with Gasteiger partial charge < -0.3 is 18.9 Å². The van der Waals surface area contributed by atoms with Crippen LogP contribution in [0.2, 0.25) is 0 Å². The van der Waals surface area contributed by atoms with Gasteiger partial charge in [-0.25, -0.2) is 0 Å². The van der Waals surface area contributed by atoms with E-state index in [1.807, 2.05) is 0 Å². The molecule has 0 saturated carbocycles. The molecule has 0 aromatic heterocycles. The minimum Gasteiger partial charge on any atom is -0.378 e. The van der Waals surface area contributed by atoms with Crippen LogP contribution in [0.4, 0.5) is 0 Å². The third kappa shape index (κ3) is 10.8. The Balaban J connectivity index is 1.28. The molecule has 3 rings (SSSR count). The van der Waals surface area contributed by atoms with Crippen LogP contribution in [0.1, 0.15) is 96.0 Å². The Morgan fingerprint density at radius 3 is 2.53 bits per heavy atom. The van der Waals surface area contributed by atoms with Gasteiger partial charge in [0.25, 0.3) is 0 Å². The number of epoxide rings is 1. The largest absolute Gasteiger partial charge is 0.378 e. The van der Waals surface area contributed by atoms with E-state index in [4.69, 9.17) is 18.9 Å². The molecule has 2 aliphatic rings. The second kappa shape index (κ2) is 15.8. The molecule has 4 heteroatoms. The van der Waals surface area contributed by atoms with E-state index in [-0.39, 0.29) is 6.29 Å². The lowest BCUT2D eigenvalue weighted by Crippen LogP contribution is -2.22. The molecule has 0 bridgehead atoms. The third-order valence-corrected chi connectivity index (χ3v) is 6.69. The van der Waals surface area contributed by atoms with Crippen LogP contribution in [0.15, 0.2) is 30.3 Å². The normalized spacial score (nSPS) is 23.8. The average Bonchev–Trinajstić information content (AvgIpc) is 3.59. The zero-order chi connectivity index (χ0) is 22.3. The van der Waals surface area contributed by atoms with Crippen LogP contribution in [-0.2, 0) is 25.4 Å². The second-order valence-electron chi connectivity index (χ2n) is 9.55. The molecule has 4 atom stereocenters. The van der Waals surface area contributed by atoms with Crippen molar-refractivity contribution in [1.29, 1.82) is 0 Å². The van der Waals surface area contributed by atoms with E-state index in [1.54, 1.807) is 0 Å². The number of unbranched alkanes of at least 4 members (excludes halogenated alkanes) is 5. The molecule has 2 fully saturated rings. The fourth-order valence-electron chi connectivity index (χ4n) is 4.63. The Morgan fingerprint density at radius 1 is 0.906 bits per heavy atom. The number of rotatable bonds is 18. The number of hydrogen-bond donors (Lipinski definition) is 0.